The molecule has 30 heavy (non-hydrogen) atoms. The van der Waals surface area contributed by atoms with Crippen molar-refractivity contribution in [3.63, 3.8) is 0 Å². The van der Waals surface area contributed by atoms with Gasteiger partial charge < -0.3 is 19.2 Å². The molecule has 7 nitrogen and oxygen atoms in total. The van der Waals surface area contributed by atoms with Crippen molar-refractivity contribution in [1.29, 1.82) is 0 Å². The number of fused-ring (bicyclic) bond motifs is 1. The van der Waals surface area contributed by atoms with E-state index in [-0.39, 0.29) is 11.9 Å². The molecule has 156 valence electrons. The van der Waals surface area contributed by atoms with Crippen molar-refractivity contribution in [2.75, 3.05) is 32.2 Å². The van der Waals surface area contributed by atoms with Gasteiger partial charge in [-0.05, 0) is 55.3 Å². The third-order valence-corrected chi connectivity index (χ3v) is 5.70. The maximum absolute atomic E-state index is 13.0. The fourth-order valence-corrected chi connectivity index (χ4v) is 4.03. The molecule has 2 aromatic rings. The number of benzene rings is 2. The number of anilines is 1. The smallest absolute Gasteiger partial charge is 0.273 e. The lowest BCUT2D eigenvalue weighted by molar-refractivity contribution is -0.108. The van der Waals surface area contributed by atoms with Gasteiger partial charge in [0, 0.05) is 29.8 Å². The summed E-state index contributed by atoms with van der Waals surface area (Å²) in [6.07, 6.45) is 2.45. The number of methoxy groups -OCH3 is 2. The van der Waals surface area contributed by atoms with Crippen molar-refractivity contribution in [2.24, 2.45) is 5.10 Å². The molecule has 0 aliphatic carbocycles. The van der Waals surface area contributed by atoms with Crippen LogP contribution in [0.2, 0.25) is 0 Å². The van der Waals surface area contributed by atoms with Crippen LogP contribution in [0.3, 0.4) is 0 Å². The minimum atomic E-state index is -0.167. The van der Waals surface area contributed by atoms with Crippen molar-refractivity contribution in [1.82, 2.24) is 5.01 Å². The molecule has 0 aromatic heterocycles. The van der Waals surface area contributed by atoms with E-state index in [0.717, 1.165) is 41.8 Å². The quantitative estimate of drug-likeness (QED) is 0.689. The van der Waals surface area contributed by atoms with Crippen LogP contribution in [0, 0.1) is 0 Å². The molecule has 1 atom stereocenters. The molecular formula is C23H25N3O4. The van der Waals surface area contributed by atoms with Gasteiger partial charge in [-0.25, -0.2) is 5.01 Å². The molecule has 0 saturated carbocycles. The number of carbonyl (C=O) groups excluding carboxylic acids is 2. The molecule has 0 fully saturated rings. The summed E-state index contributed by atoms with van der Waals surface area (Å²) >= 11 is 0. The number of hydrogen-bond acceptors (Lipinski definition) is 6. The van der Waals surface area contributed by atoms with E-state index in [1.54, 1.807) is 14.2 Å². The third kappa shape index (κ3) is 3.51. The molecule has 4 rings (SSSR count). The van der Waals surface area contributed by atoms with Crippen molar-refractivity contribution in [3.8, 4) is 11.5 Å². The van der Waals surface area contributed by atoms with Gasteiger partial charge in [-0.1, -0.05) is 0 Å². The summed E-state index contributed by atoms with van der Waals surface area (Å²) in [6.45, 7) is 3.21. The van der Waals surface area contributed by atoms with Gasteiger partial charge in [0.25, 0.3) is 5.91 Å². The highest BCUT2D eigenvalue weighted by atomic mass is 16.5. The Morgan fingerprint density at radius 2 is 1.87 bits per heavy atom. The highest BCUT2D eigenvalue weighted by Gasteiger charge is 2.27. The topological polar surface area (TPSA) is 71.4 Å². The third-order valence-electron chi connectivity index (χ3n) is 5.70. The molecule has 0 spiro atoms. The number of hydrogen-bond donors (Lipinski definition) is 0. The normalized spacial score (nSPS) is 16.2. The number of hydrazone groups is 1. The molecule has 0 saturated heterocycles. The lowest BCUT2D eigenvalue weighted by Gasteiger charge is -2.23. The van der Waals surface area contributed by atoms with Crippen molar-refractivity contribution >= 4 is 23.6 Å². The fraction of sp³-hybridized carbons (Fsp3) is 0.348. The van der Waals surface area contributed by atoms with Gasteiger partial charge in [0.2, 0.25) is 0 Å². The monoisotopic (exact) mass is 407 g/mol. The summed E-state index contributed by atoms with van der Waals surface area (Å²) in [5, 5.41) is 6.09. The van der Waals surface area contributed by atoms with Gasteiger partial charge in [-0.15, -0.1) is 0 Å². The number of carbonyl (C=O) groups is 2. The summed E-state index contributed by atoms with van der Waals surface area (Å²) in [7, 11) is 3.19. The van der Waals surface area contributed by atoms with Crippen LogP contribution in [0.25, 0.3) is 0 Å². The summed E-state index contributed by atoms with van der Waals surface area (Å²) in [5.41, 5.74) is 4.50. The van der Waals surface area contributed by atoms with E-state index < -0.39 is 0 Å². The lowest BCUT2D eigenvalue weighted by Crippen LogP contribution is -2.32. The average Bonchev–Trinajstić information content (AvgIpc) is 3.44. The molecule has 7 heteroatoms. The van der Waals surface area contributed by atoms with Gasteiger partial charge >= 0.3 is 0 Å². The Hall–Kier alpha value is -3.35. The summed E-state index contributed by atoms with van der Waals surface area (Å²) in [6, 6.07) is 11.2. The van der Waals surface area contributed by atoms with Crippen LogP contribution >= 0.6 is 0 Å². The highest BCUT2D eigenvalue weighted by molar-refractivity contribution is 6.05. The van der Waals surface area contributed by atoms with E-state index in [1.807, 2.05) is 43.3 Å². The summed E-state index contributed by atoms with van der Waals surface area (Å²) in [4.78, 5) is 26.2. The predicted molar refractivity (Wildman–Crippen MR) is 115 cm³/mol. The molecule has 0 bridgehead atoms. The van der Waals surface area contributed by atoms with E-state index in [2.05, 4.69) is 10.0 Å². The van der Waals surface area contributed by atoms with E-state index in [1.165, 1.54) is 5.01 Å². The Labute approximate surface area is 175 Å². The molecule has 0 N–H and O–H groups in total. The molecule has 2 aromatic carbocycles. The summed E-state index contributed by atoms with van der Waals surface area (Å²) in [5.74, 6) is 1.18. The van der Waals surface area contributed by atoms with Gasteiger partial charge in [-0.2, -0.15) is 5.10 Å². The largest absolute Gasteiger partial charge is 0.493 e. The molecule has 0 radical (unpaired) electrons. The second kappa shape index (κ2) is 8.18. The van der Waals surface area contributed by atoms with E-state index >= 15 is 0 Å². The molecule has 2 aliphatic rings. The van der Waals surface area contributed by atoms with Crippen LogP contribution in [0.15, 0.2) is 41.5 Å². The first-order valence-corrected chi connectivity index (χ1v) is 10.0. The number of aldehydes is 1. The maximum atomic E-state index is 13.0. The van der Waals surface area contributed by atoms with Crippen LogP contribution in [0.5, 0.6) is 11.5 Å². The van der Waals surface area contributed by atoms with Gasteiger partial charge in [-0.3, -0.25) is 4.79 Å². The zero-order valence-corrected chi connectivity index (χ0v) is 17.4. The maximum Gasteiger partial charge on any atom is 0.273 e. The molecule has 1 amide bonds. The van der Waals surface area contributed by atoms with Crippen molar-refractivity contribution < 1.29 is 19.1 Å². The number of rotatable bonds is 6. The standard InChI is InChI=1S/C23H25N3O4/c1-15(14-27)25-10-8-17-12-18(4-6-20(17)25)23(28)26-11-9-19(24-26)16-5-7-21(29-2)22(13-16)30-3/h4-7,12-15H,8-11H2,1-3H3. The Morgan fingerprint density at radius 3 is 2.60 bits per heavy atom. The minimum absolute atomic E-state index is 0.116. The van der Waals surface area contributed by atoms with Gasteiger partial charge in [0.15, 0.2) is 11.5 Å². The second-order valence-electron chi connectivity index (χ2n) is 7.46. The zero-order valence-electron chi connectivity index (χ0n) is 17.4. The van der Waals surface area contributed by atoms with Crippen molar-refractivity contribution in [2.45, 2.75) is 25.8 Å². The van der Waals surface area contributed by atoms with Crippen LogP contribution in [-0.2, 0) is 11.2 Å². The highest BCUT2D eigenvalue weighted by Crippen LogP contribution is 2.32. The molecule has 1 unspecified atom stereocenters. The van der Waals surface area contributed by atoms with Gasteiger partial charge in [0.05, 0.1) is 32.5 Å². The van der Waals surface area contributed by atoms with E-state index in [4.69, 9.17) is 9.47 Å². The molecule has 2 heterocycles. The Bertz CT molecular complexity index is 1020. The van der Waals surface area contributed by atoms with Crippen LogP contribution < -0.4 is 14.4 Å². The molecule has 2 aliphatic heterocycles. The van der Waals surface area contributed by atoms with Crippen LogP contribution in [0.1, 0.15) is 34.8 Å². The van der Waals surface area contributed by atoms with Crippen LogP contribution in [-0.4, -0.2) is 56.3 Å². The second-order valence-corrected chi connectivity index (χ2v) is 7.46. The first kappa shape index (κ1) is 19.9. The van der Waals surface area contributed by atoms with E-state index in [0.29, 0.717) is 30.0 Å². The number of nitrogens with zero attached hydrogens (tertiary/aromatic N) is 3. The predicted octanol–water partition coefficient (Wildman–Crippen LogP) is 2.90. The average molecular weight is 407 g/mol. The first-order chi connectivity index (χ1) is 14.5. The lowest BCUT2D eigenvalue weighted by atomic mass is 10.1. The Morgan fingerprint density at radius 1 is 1.07 bits per heavy atom. The van der Waals surface area contributed by atoms with Gasteiger partial charge in [0.1, 0.15) is 6.29 Å². The van der Waals surface area contributed by atoms with Crippen LogP contribution in [0.4, 0.5) is 5.69 Å². The summed E-state index contributed by atoms with van der Waals surface area (Å²) < 4.78 is 10.7. The zero-order chi connectivity index (χ0) is 21.3. The van der Waals surface area contributed by atoms with Crippen molar-refractivity contribution in [3.05, 3.63) is 53.1 Å². The number of amides is 1. The Balaban J connectivity index is 1.54. The van der Waals surface area contributed by atoms with E-state index in [9.17, 15) is 9.59 Å². The minimum Gasteiger partial charge on any atom is -0.493 e. The fourth-order valence-electron chi connectivity index (χ4n) is 4.03. The first-order valence-electron chi connectivity index (χ1n) is 10.0. The SMILES string of the molecule is COc1ccc(C2=NN(C(=O)c3ccc4c(c3)CCN4C(C)C=O)CC2)cc1OC. The Kier molecular flexibility index (Phi) is 5.44. The molecular weight excluding hydrogens is 382 g/mol. The number of ether oxygens (including phenoxy) is 2.